The summed E-state index contributed by atoms with van der Waals surface area (Å²) in [5.74, 6) is 1.95. The molecule has 1 aromatic heterocycles. The zero-order valence-corrected chi connectivity index (χ0v) is 23.7. The summed E-state index contributed by atoms with van der Waals surface area (Å²) in [6.45, 7) is 5.68. The molecule has 0 radical (unpaired) electrons. The molecule has 9 nitrogen and oxygen atoms in total. The van der Waals surface area contributed by atoms with E-state index in [1.54, 1.807) is 26.0 Å². The Morgan fingerprint density at radius 2 is 1.72 bits per heavy atom. The number of methoxy groups -OCH3 is 3. The molecule has 39 heavy (non-hydrogen) atoms. The van der Waals surface area contributed by atoms with Crippen molar-refractivity contribution in [3.05, 3.63) is 58.9 Å². The summed E-state index contributed by atoms with van der Waals surface area (Å²) < 4.78 is 18.1. The Hall–Kier alpha value is -3.59. The van der Waals surface area contributed by atoms with Gasteiger partial charge in [-0.25, -0.2) is 4.68 Å². The molecule has 4 rings (SSSR count). The molecule has 0 bridgehead atoms. The van der Waals surface area contributed by atoms with Gasteiger partial charge in [-0.15, -0.1) is 5.10 Å². The minimum absolute atomic E-state index is 0.148. The third kappa shape index (κ3) is 7.29. The molecule has 210 valence electrons. The van der Waals surface area contributed by atoms with Gasteiger partial charge in [-0.3, -0.25) is 9.69 Å². The van der Waals surface area contributed by atoms with E-state index in [0.717, 1.165) is 74.6 Å². The zero-order valence-electron chi connectivity index (χ0n) is 23.7. The van der Waals surface area contributed by atoms with Crippen LogP contribution in [0.5, 0.6) is 17.2 Å². The van der Waals surface area contributed by atoms with Crippen LogP contribution in [0.3, 0.4) is 0 Å². The maximum atomic E-state index is 13.0. The van der Waals surface area contributed by atoms with E-state index in [0.29, 0.717) is 17.9 Å². The summed E-state index contributed by atoms with van der Waals surface area (Å²) in [5.41, 5.74) is 4.86. The molecule has 2 heterocycles. The van der Waals surface area contributed by atoms with Crippen molar-refractivity contribution in [3.8, 4) is 22.9 Å². The van der Waals surface area contributed by atoms with Crippen LogP contribution in [0.25, 0.3) is 5.69 Å². The van der Waals surface area contributed by atoms with Crippen molar-refractivity contribution in [2.75, 3.05) is 41.0 Å². The minimum atomic E-state index is -0.148. The van der Waals surface area contributed by atoms with Gasteiger partial charge in [-0.1, -0.05) is 25.0 Å². The lowest BCUT2D eigenvalue weighted by atomic mass is 9.98. The van der Waals surface area contributed by atoms with Crippen LogP contribution in [0.15, 0.2) is 36.5 Å². The van der Waals surface area contributed by atoms with Crippen molar-refractivity contribution in [2.45, 2.75) is 58.4 Å². The van der Waals surface area contributed by atoms with Crippen molar-refractivity contribution in [3.63, 3.8) is 0 Å². The Labute approximate surface area is 231 Å². The van der Waals surface area contributed by atoms with Gasteiger partial charge in [0.1, 0.15) is 5.75 Å². The van der Waals surface area contributed by atoms with Gasteiger partial charge in [0.2, 0.25) is 0 Å². The molecule has 1 N–H and O–H groups in total. The maximum absolute atomic E-state index is 13.0. The van der Waals surface area contributed by atoms with Gasteiger partial charge in [0, 0.05) is 19.6 Å². The van der Waals surface area contributed by atoms with E-state index in [-0.39, 0.29) is 5.91 Å². The Bertz CT molecular complexity index is 1240. The lowest BCUT2D eigenvalue weighted by Gasteiger charge is -2.29. The molecule has 0 saturated heterocycles. The maximum Gasteiger partial charge on any atom is 0.255 e. The average molecular weight is 536 g/mol. The summed E-state index contributed by atoms with van der Waals surface area (Å²) in [4.78, 5) is 15.5. The molecule has 0 unspecified atom stereocenters. The second-order valence-corrected chi connectivity index (χ2v) is 9.96. The van der Waals surface area contributed by atoms with Crippen molar-refractivity contribution in [1.82, 2.24) is 25.2 Å². The number of carbonyl (C=O) groups is 1. The van der Waals surface area contributed by atoms with Crippen molar-refractivity contribution in [1.29, 1.82) is 0 Å². The first-order valence-electron chi connectivity index (χ1n) is 13.9. The first kappa shape index (κ1) is 28.4. The summed E-state index contributed by atoms with van der Waals surface area (Å²) in [6, 6.07) is 9.70. The fourth-order valence-electron chi connectivity index (χ4n) is 5.00. The molecule has 0 saturated carbocycles. The van der Waals surface area contributed by atoms with Crippen LogP contribution in [0.4, 0.5) is 0 Å². The Kier molecular flexibility index (Phi) is 10.2. The number of fused-ring (bicyclic) bond motifs is 1. The van der Waals surface area contributed by atoms with E-state index in [1.165, 1.54) is 24.0 Å². The number of amides is 1. The monoisotopic (exact) mass is 535 g/mol. The fraction of sp³-hybridized carbons (Fsp3) is 0.500. The summed E-state index contributed by atoms with van der Waals surface area (Å²) >= 11 is 0. The van der Waals surface area contributed by atoms with E-state index < -0.39 is 0 Å². The topological polar surface area (TPSA) is 90.7 Å². The number of benzene rings is 2. The van der Waals surface area contributed by atoms with Crippen LogP contribution >= 0.6 is 0 Å². The van der Waals surface area contributed by atoms with E-state index >= 15 is 0 Å². The van der Waals surface area contributed by atoms with Gasteiger partial charge >= 0.3 is 0 Å². The molecule has 1 aliphatic rings. The molecule has 0 atom stereocenters. The van der Waals surface area contributed by atoms with Gasteiger partial charge in [0.05, 0.1) is 44.5 Å². The summed E-state index contributed by atoms with van der Waals surface area (Å²) in [7, 11) is 4.92. The Morgan fingerprint density at radius 3 is 2.46 bits per heavy atom. The average Bonchev–Trinajstić information content (AvgIpc) is 3.44. The molecule has 0 spiro atoms. The second-order valence-electron chi connectivity index (χ2n) is 9.96. The van der Waals surface area contributed by atoms with E-state index in [1.807, 2.05) is 24.4 Å². The lowest BCUT2D eigenvalue weighted by molar-refractivity contribution is 0.0949. The number of ether oxygens (including phenoxy) is 3. The van der Waals surface area contributed by atoms with Gasteiger partial charge in [-0.2, -0.15) is 0 Å². The van der Waals surface area contributed by atoms with Crippen LogP contribution in [0, 0.1) is 0 Å². The van der Waals surface area contributed by atoms with Gasteiger partial charge in [0.25, 0.3) is 5.91 Å². The zero-order chi connectivity index (χ0) is 27.6. The molecular formula is C30H41N5O4. The van der Waals surface area contributed by atoms with E-state index in [2.05, 4.69) is 39.6 Å². The first-order chi connectivity index (χ1) is 19.1. The standard InChI is InChI=1S/C30H41N5O4/c1-5-6-7-10-24-21-35(33-32-24)25-11-12-27(37-2)26(19-25)30(36)31-14-8-9-15-34-16-13-22-17-28(38-3)29(39-4)18-23(22)20-34/h11-12,17-19,21H,5-10,13-16,20H2,1-4H3,(H,31,36). The van der Waals surface area contributed by atoms with Gasteiger partial charge in [-0.05, 0) is 80.1 Å². The number of unbranched alkanes of at least 4 members (excludes halogenated alkanes) is 3. The van der Waals surface area contributed by atoms with Crippen LogP contribution in [-0.2, 0) is 19.4 Å². The summed E-state index contributed by atoms with van der Waals surface area (Å²) in [5, 5.41) is 11.6. The summed E-state index contributed by atoms with van der Waals surface area (Å²) in [6.07, 6.45) is 9.18. The van der Waals surface area contributed by atoms with Gasteiger partial charge < -0.3 is 19.5 Å². The third-order valence-electron chi connectivity index (χ3n) is 7.25. The molecular weight excluding hydrogens is 494 g/mol. The quantitative estimate of drug-likeness (QED) is 0.302. The number of carbonyl (C=O) groups excluding carboxylic acids is 1. The molecule has 0 aliphatic carbocycles. The predicted octanol–water partition coefficient (Wildman–Crippen LogP) is 4.59. The smallest absolute Gasteiger partial charge is 0.255 e. The van der Waals surface area contributed by atoms with E-state index in [4.69, 9.17) is 14.2 Å². The van der Waals surface area contributed by atoms with Crippen LogP contribution in [0.1, 0.15) is 66.2 Å². The molecule has 0 fully saturated rings. The predicted molar refractivity (Wildman–Crippen MR) is 151 cm³/mol. The minimum Gasteiger partial charge on any atom is -0.496 e. The van der Waals surface area contributed by atoms with Crippen molar-refractivity contribution >= 4 is 5.91 Å². The van der Waals surface area contributed by atoms with Crippen LogP contribution < -0.4 is 19.5 Å². The number of rotatable bonds is 14. The largest absolute Gasteiger partial charge is 0.496 e. The SMILES string of the molecule is CCCCCc1cn(-c2ccc(OC)c(C(=O)NCCCCN3CCc4cc(OC)c(OC)cc4C3)c2)nn1. The van der Waals surface area contributed by atoms with Crippen molar-refractivity contribution < 1.29 is 19.0 Å². The molecule has 1 aliphatic heterocycles. The molecule has 9 heteroatoms. The van der Waals surface area contributed by atoms with Crippen LogP contribution in [0.2, 0.25) is 0 Å². The first-order valence-corrected chi connectivity index (χ1v) is 13.9. The van der Waals surface area contributed by atoms with Crippen LogP contribution in [-0.4, -0.2) is 66.8 Å². The Morgan fingerprint density at radius 1 is 0.949 bits per heavy atom. The normalized spacial score (nSPS) is 13.1. The highest BCUT2D eigenvalue weighted by Crippen LogP contribution is 2.33. The highest BCUT2D eigenvalue weighted by Gasteiger charge is 2.19. The number of aromatic nitrogens is 3. The number of nitrogens with zero attached hydrogens (tertiary/aromatic N) is 4. The van der Waals surface area contributed by atoms with Crippen molar-refractivity contribution in [2.24, 2.45) is 0 Å². The molecule has 1 amide bonds. The number of hydrogen-bond acceptors (Lipinski definition) is 7. The number of aryl methyl sites for hydroxylation is 1. The number of nitrogens with one attached hydrogen (secondary N) is 1. The third-order valence-corrected chi connectivity index (χ3v) is 7.25. The van der Waals surface area contributed by atoms with E-state index in [9.17, 15) is 4.79 Å². The highest BCUT2D eigenvalue weighted by atomic mass is 16.5. The van der Waals surface area contributed by atoms with Gasteiger partial charge in [0.15, 0.2) is 11.5 Å². The molecule has 2 aromatic carbocycles. The second kappa shape index (κ2) is 14.0. The highest BCUT2D eigenvalue weighted by molar-refractivity contribution is 5.97. The lowest BCUT2D eigenvalue weighted by Crippen LogP contribution is -2.32. The number of hydrogen-bond donors (Lipinski definition) is 1. The Balaban J connectivity index is 1.27. The fourth-order valence-corrected chi connectivity index (χ4v) is 5.00. The molecule has 3 aromatic rings.